The Kier molecular flexibility index (Phi) is 5.48. The van der Waals surface area contributed by atoms with Gasteiger partial charge in [-0.15, -0.1) is 0 Å². The molecule has 0 spiro atoms. The van der Waals surface area contributed by atoms with Crippen LogP contribution in [-0.4, -0.2) is 17.6 Å². The number of carbonyl (C=O) groups is 1. The lowest BCUT2D eigenvalue weighted by Gasteiger charge is -2.27. The zero-order chi connectivity index (χ0) is 14.5. The number of hydrogen-bond acceptors (Lipinski definition) is 3. The van der Waals surface area contributed by atoms with Gasteiger partial charge in [0.25, 0.3) is 0 Å². The first-order chi connectivity index (χ1) is 8.84. The Morgan fingerprint density at radius 2 is 1.95 bits per heavy atom. The van der Waals surface area contributed by atoms with Gasteiger partial charge < -0.3 is 10.5 Å². The summed E-state index contributed by atoms with van der Waals surface area (Å²) in [7, 11) is 0. The van der Waals surface area contributed by atoms with Crippen molar-refractivity contribution in [3.63, 3.8) is 0 Å². The zero-order valence-corrected chi connectivity index (χ0v) is 11.8. The number of rotatable bonds is 6. The van der Waals surface area contributed by atoms with E-state index in [2.05, 4.69) is 0 Å². The molecule has 3 nitrogen and oxygen atoms in total. The van der Waals surface area contributed by atoms with Crippen molar-refractivity contribution in [3.8, 4) is 0 Å². The summed E-state index contributed by atoms with van der Waals surface area (Å²) in [5.41, 5.74) is 5.99. The van der Waals surface area contributed by atoms with Crippen LogP contribution in [0, 0.1) is 5.82 Å². The fraction of sp³-hybridized carbons (Fsp3) is 0.533. The van der Waals surface area contributed by atoms with Gasteiger partial charge in [0, 0.05) is 6.42 Å². The lowest BCUT2D eigenvalue weighted by atomic mass is 9.98. The average molecular weight is 267 g/mol. The van der Waals surface area contributed by atoms with E-state index in [9.17, 15) is 9.18 Å². The van der Waals surface area contributed by atoms with Gasteiger partial charge in [-0.1, -0.05) is 25.5 Å². The zero-order valence-electron chi connectivity index (χ0n) is 11.8. The van der Waals surface area contributed by atoms with Crippen molar-refractivity contribution in [2.45, 2.75) is 51.7 Å². The Bertz CT molecular complexity index is 415. The second-order valence-corrected chi connectivity index (χ2v) is 5.38. The van der Waals surface area contributed by atoms with Crippen molar-refractivity contribution in [1.29, 1.82) is 0 Å². The lowest BCUT2D eigenvalue weighted by Crippen LogP contribution is -2.39. The minimum absolute atomic E-state index is 0.275. The largest absolute Gasteiger partial charge is 0.458 e. The van der Waals surface area contributed by atoms with Crippen LogP contribution in [-0.2, 0) is 16.0 Å². The minimum Gasteiger partial charge on any atom is -0.458 e. The maximum atomic E-state index is 12.8. The molecule has 1 unspecified atom stereocenters. The Balaban J connectivity index is 2.60. The van der Waals surface area contributed by atoms with E-state index in [1.165, 1.54) is 12.1 Å². The molecule has 1 atom stereocenters. The highest BCUT2D eigenvalue weighted by Gasteiger charge is 2.26. The van der Waals surface area contributed by atoms with Crippen LogP contribution in [0.15, 0.2) is 24.3 Å². The van der Waals surface area contributed by atoms with Crippen molar-refractivity contribution in [3.05, 3.63) is 35.6 Å². The molecule has 0 aromatic heterocycles. The molecule has 2 N–H and O–H groups in total. The summed E-state index contributed by atoms with van der Waals surface area (Å²) in [5, 5.41) is 0. The van der Waals surface area contributed by atoms with Crippen molar-refractivity contribution >= 4 is 5.97 Å². The summed E-state index contributed by atoms with van der Waals surface area (Å²) in [4.78, 5) is 11.8. The molecule has 19 heavy (non-hydrogen) atoms. The summed E-state index contributed by atoms with van der Waals surface area (Å²) in [6.07, 6.45) is 1.98. The van der Waals surface area contributed by atoms with Crippen LogP contribution < -0.4 is 5.73 Å². The maximum absolute atomic E-state index is 12.8. The molecule has 0 aliphatic heterocycles. The molecule has 4 heteroatoms. The summed E-state index contributed by atoms with van der Waals surface area (Å²) in [6.45, 7) is 5.62. The second-order valence-electron chi connectivity index (χ2n) is 5.38. The normalized spacial score (nSPS) is 13.1. The molecule has 106 valence electrons. The van der Waals surface area contributed by atoms with Gasteiger partial charge >= 0.3 is 5.97 Å². The standard InChI is InChI=1S/C15H22FNO2/c1-4-5-13(17)14(18)19-15(2,3)10-11-6-8-12(16)9-7-11/h6-9,13H,4-5,10,17H2,1-3H3. The molecule has 1 aromatic carbocycles. The molecule has 0 saturated heterocycles. The van der Waals surface area contributed by atoms with E-state index < -0.39 is 11.6 Å². The average Bonchev–Trinajstić information content (AvgIpc) is 2.31. The Morgan fingerprint density at radius 3 is 2.47 bits per heavy atom. The van der Waals surface area contributed by atoms with Crippen LogP contribution >= 0.6 is 0 Å². The quantitative estimate of drug-likeness (QED) is 0.806. The molecular formula is C15H22FNO2. The number of esters is 1. The Morgan fingerprint density at radius 1 is 1.37 bits per heavy atom. The predicted octanol–water partition coefficient (Wildman–Crippen LogP) is 2.82. The molecule has 0 saturated carbocycles. The summed E-state index contributed by atoms with van der Waals surface area (Å²) in [6, 6.07) is 5.61. The van der Waals surface area contributed by atoms with Gasteiger partial charge in [-0.2, -0.15) is 0 Å². The number of ether oxygens (including phenoxy) is 1. The number of carbonyl (C=O) groups excluding carboxylic acids is 1. The van der Waals surface area contributed by atoms with E-state index >= 15 is 0 Å². The summed E-state index contributed by atoms with van der Waals surface area (Å²) >= 11 is 0. The number of nitrogens with two attached hydrogens (primary N) is 1. The van der Waals surface area contributed by atoms with E-state index in [-0.39, 0.29) is 11.8 Å². The first-order valence-electron chi connectivity index (χ1n) is 6.57. The van der Waals surface area contributed by atoms with E-state index in [1.54, 1.807) is 12.1 Å². The molecular weight excluding hydrogens is 245 g/mol. The fourth-order valence-corrected chi connectivity index (χ4v) is 1.91. The number of halogens is 1. The molecule has 1 aromatic rings. The van der Waals surface area contributed by atoms with Crippen molar-refractivity contribution in [1.82, 2.24) is 0 Å². The van der Waals surface area contributed by atoms with Crippen LogP contribution in [0.3, 0.4) is 0 Å². The van der Waals surface area contributed by atoms with Gasteiger partial charge in [-0.25, -0.2) is 4.39 Å². The first kappa shape index (κ1) is 15.6. The molecule has 0 fully saturated rings. The molecule has 0 radical (unpaired) electrons. The smallest absolute Gasteiger partial charge is 0.323 e. The molecule has 0 aliphatic rings. The van der Waals surface area contributed by atoms with Crippen molar-refractivity contribution in [2.75, 3.05) is 0 Å². The molecule has 0 aliphatic carbocycles. The number of hydrogen-bond donors (Lipinski definition) is 1. The SMILES string of the molecule is CCCC(N)C(=O)OC(C)(C)Cc1ccc(F)cc1. The number of benzene rings is 1. The highest BCUT2D eigenvalue weighted by molar-refractivity contribution is 5.75. The van der Waals surface area contributed by atoms with Gasteiger partial charge in [-0.05, 0) is 38.0 Å². The van der Waals surface area contributed by atoms with Gasteiger partial charge in [0.15, 0.2) is 0 Å². The topological polar surface area (TPSA) is 52.3 Å². The Labute approximate surface area is 113 Å². The third-order valence-corrected chi connectivity index (χ3v) is 2.82. The second kappa shape index (κ2) is 6.66. The van der Waals surface area contributed by atoms with Crippen LogP contribution in [0.5, 0.6) is 0 Å². The van der Waals surface area contributed by atoms with E-state index in [0.717, 1.165) is 12.0 Å². The summed E-state index contributed by atoms with van der Waals surface area (Å²) in [5.74, 6) is -0.655. The summed E-state index contributed by atoms with van der Waals surface area (Å²) < 4.78 is 18.2. The van der Waals surface area contributed by atoms with Gasteiger partial charge in [-0.3, -0.25) is 4.79 Å². The highest BCUT2D eigenvalue weighted by Crippen LogP contribution is 2.18. The van der Waals surface area contributed by atoms with Crippen LogP contribution in [0.25, 0.3) is 0 Å². The maximum Gasteiger partial charge on any atom is 0.323 e. The van der Waals surface area contributed by atoms with E-state index in [1.807, 2.05) is 20.8 Å². The molecule has 0 bridgehead atoms. The third-order valence-electron chi connectivity index (χ3n) is 2.82. The van der Waals surface area contributed by atoms with Crippen LogP contribution in [0.2, 0.25) is 0 Å². The Hall–Kier alpha value is -1.42. The van der Waals surface area contributed by atoms with Gasteiger partial charge in [0.2, 0.25) is 0 Å². The molecule has 1 rings (SSSR count). The van der Waals surface area contributed by atoms with E-state index in [0.29, 0.717) is 12.8 Å². The van der Waals surface area contributed by atoms with Crippen molar-refractivity contribution < 1.29 is 13.9 Å². The first-order valence-corrected chi connectivity index (χ1v) is 6.57. The predicted molar refractivity (Wildman–Crippen MR) is 73.2 cm³/mol. The van der Waals surface area contributed by atoms with Gasteiger partial charge in [0.1, 0.15) is 17.5 Å². The van der Waals surface area contributed by atoms with Crippen LogP contribution in [0.1, 0.15) is 39.2 Å². The van der Waals surface area contributed by atoms with E-state index in [4.69, 9.17) is 10.5 Å². The van der Waals surface area contributed by atoms with Crippen molar-refractivity contribution in [2.24, 2.45) is 5.73 Å². The van der Waals surface area contributed by atoms with Crippen LogP contribution in [0.4, 0.5) is 4.39 Å². The third kappa shape index (κ3) is 5.39. The minimum atomic E-state index is -0.653. The fourth-order valence-electron chi connectivity index (χ4n) is 1.91. The molecule has 0 amide bonds. The van der Waals surface area contributed by atoms with Gasteiger partial charge in [0.05, 0.1) is 0 Å². The lowest BCUT2D eigenvalue weighted by molar-refractivity contribution is -0.158. The molecule has 0 heterocycles. The highest BCUT2D eigenvalue weighted by atomic mass is 19.1. The monoisotopic (exact) mass is 267 g/mol.